The third-order valence-electron chi connectivity index (χ3n) is 4.74. The second-order valence-electron chi connectivity index (χ2n) is 7.11. The summed E-state index contributed by atoms with van der Waals surface area (Å²) in [4.78, 5) is 28.8. The number of hydrogen-bond donors (Lipinski definition) is 0. The summed E-state index contributed by atoms with van der Waals surface area (Å²) in [6.45, 7) is 0. The molecule has 0 aliphatic rings. The van der Waals surface area contributed by atoms with Crippen LogP contribution in [0.2, 0.25) is 0 Å². The molecule has 0 aliphatic carbocycles. The van der Waals surface area contributed by atoms with E-state index in [9.17, 15) is 49.1 Å². The minimum Gasteiger partial charge on any atom is -0.377 e. The Bertz CT molecular complexity index is 1290. The van der Waals surface area contributed by atoms with Crippen molar-refractivity contribution in [2.24, 2.45) is 0 Å². The fourth-order valence-corrected chi connectivity index (χ4v) is 3.51. The van der Waals surface area contributed by atoms with E-state index in [0.29, 0.717) is 12.3 Å². The molecule has 1 aromatic heterocycles. The van der Waals surface area contributed by atoms with E-state index >= 15 is 0 Å². The number of pyridine rings is 1. The van der Waals surface area contributed by atoms with Crippen molar-refractivity contribution in [2.45, 2.75) is 18.5 Å². The van der Waals surface area contributed by atoms with Crippen LogP contribution in [0.15, 0.2) is 30.5 Å². The van der Waals surface area contributed by atoms with Gasteiger partial charge in [-0.25, -0.2) is 0 Å². The Morgan fingerprint density at radius 3 is 1.79 bits per heavy atom. The molecular formula is C20H11F9N2O2. The highest BCUT2D eigenvalue weighted by atomic mass is 19.4. The van der Waals surface area contributed by atoms with E-state index in [1.807, 2.05) is 0 Å². The van der Waals surface area contributed by atoms with Gasteiger partial charge in [0.05, 0.1) is 22.3 Å². The standard InChI is InChI=1S/C20H11F9N2O2/c1-31(2)15-9-4-3-8-12(18(21,22)23)5-6-30-14(8)13(9)10(16(32)19(24,25)26)7-11(15)17(33)20(27,28)29/h3-7H,1-2H3. The van der Waals surface area contributed by atoms with Crippen molar-refractivity contribution in [1.82, 2.24) is 4.98 Å². The number of aromatic nitrogens is 1. The molecule has 0 amide bonds. The Hall–Kier alpha value is -3.38. The number of fused-ring (bicyclic) bond motifs is 3. The summed E-state index contributed by atoms with van der Waals surface area (Å²) in [5.41, 5.74) is -5.19. The van der Waals surface area contributed by atoms with Crippen LogP contribution in [-0.2, 0) is 6.18 Å². The Morgan fingerprint density at radius 1 is 0.788 bits per heavy atom. The van der Waals surface area contributed by atoms with E-state index in [1.54, 1.807) is 0 Å². The molecule has 0 fully saturated rings. The molecule has 3 rings (SSSR count). The Balaban J connectivity index is 2.64. The predicted molar refractivity (Wildman–Crippen MR) is 99.3 cm³/mol. The zero-order valence-electron chi connectivity index (χ0n) is 16.5. The number of Topliss-reactive ketones (excluding diaryl/α,β-unsaturated/α-hetero) is 2. The maximum atomic E-state index is 13.4. The lowest BCUT2D eigenvalue weighted by Crippen LogP contribution is -2.28. The van der Waals surface area contributed by atoms with Gasteiger partial charge in [0, 0.05) is 42.0 Å². The van der Waals surface area contributed by atoms with Crippen molar-refractivity contribution in [3.05, 3.63) is 47.2 Å². The van der Waals surface area contributed by atoms with Crippen LogP contribution in [0.5, 0.6) is 0 Å². The lowest BCUT2D eigenvalue weighted by Gasteiger charge is -2.23. The van der Waals surface area contributed by atoms with Crippen molar-refractivity contribution < 1.29 is 49.1 Å². The highest BCUT2D eigenvalue weighted by Crippen LogP contribution is 2.43. The van der Waals surface area contributed by atoms with E-state index in [2.05, 4.69) is 4.98 Å². The van der Waals surface area contributed by atoms with E-state index < -0.39 is 74.1 Å². The smallest absolute Gasteiger partial charge is 0.377 e. The summed E-state index contributed by atoms with van der Waals surface area (Å²) in [6.07, 6.45) is -15.4. The molecular weight excluding hydrogens is 471 g/mol. The van der Waals surface area contributed by atoms with Crippen LogP contribution in [0.25, 0.3) is 21.7 Å². The molecule has 0 radical (unpaired) electrons. The minimum atomic E-state index is -5.60. The van der Waals surface area contributed by atoms with E-state index in [-0.39, 0.29) is 6.07 Å². The summed E-state index contributed by atoms with van der Waals surface area (Å²) >= 11 is 0. The van der Waals surface area contributed by atoms with Gasteiger partial charge in [0.2, 0.25) is 0 Å². The first kappa shape index (κ1) is 24.3. The number of carbonyl (C=O) groups excluding carboxylic acids is 2. The number of rotatable bonds is 3. The molecule has 0 atom stereocenters. The summed E-state index contributed by atoms with van der Waals surface area (Å²) in [5, 5.41) is -1.92. The van der Waals surface area contributed by atoms with Gasteiger partial charge in [-0.2, -0.15) is 39.5 Å². The first-order chi connectivity index (χ1) is 15.0. The average molecular weight is 482 g/mol. The van der Waals surface area contributed by atoms with Crippen molar-refractivity contribution in [3.63, 3.8) is 0 Å². The van der Waals surface area contributed by atoms with Crippen molar-refractivity contribution >= 4 is 38.9 Å². The SMILES string of the molecule is CN(C)c1c(C(=O)C(F)(F)F)cc(C(=O)C(F)(F)F)c2c1ccc1c(C(F)(F)F)ccnc12. The molecule has 0 aliphatic heterocycles. The van der Waals surface area contributed by atoms with Crippen LogP contribution in [0, 0.1) is 0 Å². The summed E-state index contributed by atoms with van der Waals surface area (Å²) in [6, 6.07) is 2.30. The number of carbonyl (C=O) groups is 2. The van der Waals surface area contributed by atoms with Gasteiger partial charge in [-0.05, 0) is 12.1 Å². The topological polar surface area (TPSA) is 50.3 Å². The number of hydrogen-bond acceptors (Lipinski definition) is 4. The zero-order chi connectivity index (χ0) is 25.1. The second-order valence-corrected chi connectivity index (χ2v) is 7.11. The molecule has 176 valence electrons. The normalized spacial score (nSPS) is 12.9. The van der Waals surface area contributed by atoms with Gasteiger partial charge in [0.15, 0.2) is 0 Å². The van der Waals surface area contributed by atoms with Crippen LogP contribution in [0.3, 0.4) is 0 Å². The van der Waals surface area contributed by atoms with Crippen molar-refractivity contribution in [2.75, 3.05) is 19.0 Å². The number of ketones is 2. The molecule has 3 aromatic rings. The molecule has 0 bridgehead atoms. The highest BCUT2D eigenvalue weighted by molar-refractivity contribution is 6.24. The third kappa shape index (κ3) is 4.18. The average Bonchev–Trinajstić information content (AvgIpc) is 2.68. The van der Waals surface area contributed by atoms with Gasteiger partial charge in [-0.3, -0.25) is 14.6 Å². The Kier molecular flexibility index (Phi) is 5.58. The number of anilines is 1. The molecule has 1 heterocycles. The number of alkyl halides is 9. The van der Waals surface area contributed by atoms with Crippen LogP contribution < -0.4 is 4.90 Å². The quantitative estimate of drug-likeness (QED) is 0.263. The molecule has 2 aromatic carbocycles. The fraction of sp³-hybridized carbons (Fsp3) is 0.250. The third-order valence-corrected chi connectivity index (χ3v) is 4.74. The Labute approximate surface area is 178 Å². The van der Waals surface area contributed by atoms with Gasteiger partial charge >= 0.3 is 18.5 Å². The second kappa shape index (κ2) is 7.59. The van der Waals surface area contributed by atoms with Gasteiger partial charge < -0.3 is 4.90 Å². The zero-order valence-corrected chi connectivity index (χ0v) is 16.5. The van der Waals surface area contributed by atoms with E-state index in [0.717, 1.165) is 17.0 Å². The lowest BCUT2D eigenvalue weighted by molar-refractivity contribution is -0.136. The van der Waals surface area contributed by atoms with Gasteiger partial charge in [-0.15, -0.1) is 0 Å². The summed E-state index contributed by atoms with van der Waals surface area (Å²) < 4.78 is 120. The number of nitrogens with zero attached hydrogens (tertiary/aromatic N) is 2. The fourth-order valence-electron chi connectivity index (χ4n) is 3.51. The lowest BCUT2D eigenvalue weighted by atomic mass is 9.90. The Morgan fingerprint density at radius 2 is 1.30 bits per heavy atom. The van der Waals surface area contributed by atoms with Crippen molar-refractivity contribution in [1.29, 1.82) is 0 Å². The predicted octanol–water partition coefficient (Wildman–Crippen LogP) is 5.96. The van der Waals surface area contributed by atoms with E-state index in [4.69, 9.17) is 0 Å². The molecule has 13 heteroatoms. The first-order valence-electron chi connectivity index (χ1n) is 8.82. The molecule has 0 N–H and O–H groups in total. The molecule has 0 unspecified atom stereocenters. The summed E-state index contributed by atoms with van der Waals surface area (Å²) in [7, 11) is 2.36. The molecule has 0 saturated heterocycles. The largest absolute Gasteiger partial charge is 0.454 e. The van der Waals surface area contributed by atoms with E-state index in [1.165, 1.54) is 14.1 Å². The summed E-state index contributed by atoms with van der Waals surface area (Å²) in [5.74, 6) is -5.16. The van der Waals surface area contributed by atoms with Crippen LogP contribution >= 0.6 is 0 Å². The molecule has 0 saturated carbocycles. The van der Waals surface area contributed by atoms with Crippen molar-refractivity contribution in [3.8, 4) is 0 Å². The first-order valence-corrected chi connectivity index (χ1v) is 8.82. The number of benzene rings is 2. The van der Waals surface area contributed by atoms with Gasteiger partial charge in [0.25, 0.3) is 11.6 Å². The molecule has 33 heavy (non-hydrogen) atoms. The highest BCUT2D eigenvalue weighted by Gasteiger charge is 2.45. The maximum absolute atomic E-state index is 13.4. The molecule has 4 nitrogen and oxygen atoms in total. The van der Waals surface area contributed by atoms with Crippen LogP contribution in [0.1, 0.15) is 26.3 Å². The number of halogens is 9. The van der Waals surface area contributed by atoms with Crippen LogP contribution in [-0.4, -0.2) is 43.0 Å². The van der Waals surface area contributed by atoms with Gasteiger partial charge in [-0.1, -0.05) is 12.1 Å². The monoisotopic (exact) mass is 482 g/mol. The van der Waals surface area contributed by atoms with Gasteiger partial charge in [0.1, 0.15) is 0 Å². The molecule has 0 spiro atoms. The van der Waals surface area contributed by atoms with Crippen LogP contribution in [0.4, 0.5) is 45.2 Å². The minimum absolute atomic E-state index is 0.102. The maximum Gasteiger partial charge on any atom is 0.454 e.